The third kappa shape index (κ3) is 6.95. The first-order chi connectivity index (χ1) is 13.9. The van der Waals surface area contributed by atoms with E-state index in [1.54, 1.807) is 37.3 Å². The van der Waals surface area contributed by atoms with E-state index in [1.807, 2.05) is 32.0 Å². The summed E-state index contributed by atoms with van der Waals surface area (Å²) in [5, 5.41) is 5.17. The molecule has 0 saturated carbocycles. The smallest absolute Gasteiger partial charge is 0.347 e. The van der Waals surface area contributed by atoms with E-state index >= 15 is 0 Å². The fourth-order valence-electron chi connectivity index (χ4n) is 2.50. The van der Waals surface area contributed by atoms with Crippen LogP contribution in [0.3, 0.4) is 0 Å². The average molecular weight is 398 g/mol. The van der Waals surface area contributed by atoms with Crippen LogP contribution >= 0.6 is 0 Å². The number of ether oxygens (including phenoxy) is 2. The van der Waals surface area contributed by atoms with E-state index in [2.05, 4.69) is 10.6 Å². The Labute approximate surface area is 170 Å². The van der Waals surface area contributed by atoms with E-state index < -0.39 is 24.6 Å². The number of benzene rings is 2. The zero-order chi connectivity index (χ0) is 21.2. The van der Waals surface area contributed by atoms with Gasteiger partial charge in [0.1, 0.15) is 5.75 Å². The number of esters is 1. The van der Waals surface area contributed by atoms with E-state index in [4.69, 9.17) is 9.47 Å². The lowest BCUT2D eigenvalue weighted by Crippen LogP contribution is -2.37. The Bertz CT molecular complexity index is 852. The average Bonchev–Trinajstić information content (AvgIpc) is 2.72. The molecule has 7 nitrogen and oxygen atoms in total. The van der Waals surface area contributed by atoms with Gasteiger partial charge in [0.25, 0.3) is 5.91 Å². The van der Waals surface area contributed by atoms with Crippen LogP contribution in [0.5, 0.6) is 5.75 Å². The van der Waals surface area contributed by atoms with Gasteiger partial charge in [-0.3, -0.25) is 9.59 Å². The highest BCUT2D eigenvalue weighted by atomic mass is 16.6. The molecular formula is C22H26N2O5. The topological polar surface area (TPSA) is 93.7 Å². The summed E-state index contributed by atoms with van der Waals surface area (Å²) >= 11 is 0. The molecule has 0 bridgehead atoms. The van der Waals surface area contributed by atoms with Crippen molar-refractivity contribution in [3.05, 3.63) is 59.7 Å². The summed E-state index contributed by atoms with van der Waals surface area (Å²) in [4.78, 5) is 36.0. The zero-order valence-corrected chi connectivity index (χ0v) is 16.9. The van der Waals surface area contributed by atoms with Gasteiger partial charge in [-0.2, -0.15) is 0 Å². The largest absolute Gasteiger partial charge is 0.479 e. The highest BCUT2D eigenvalue weighted by molar-refractivity contribution is 5.95. The van der Waals surface area contributed by atoms with Crippen LogP contribution in [0, 0.1) is 13.8 Å². The molecule has 2 N–H and O–H groups in total. The molecule has 0 unspecified atom stereocenters. The van der Waals surface area contributed by atoms with Crippen LogP contribution in [0.25, 0.3) is 0 Å². The van der Waals surface area contributed by atoms with E-state index in [0.717, 1.165) is 11.1 Å². The summed E-state index contributed by atoms with van der Waals surface area (Å²) in [5.74, 6) is -1.02. The molecule has 0 fully saturated rings. The maximum atomic E-state index is 12.1. The Morgan fingerprint density at radius 3 is 2.38 bits per heavy atom. The molecule has 0 spiro atoms. The van der Waals surface area contributed by atoms with Crippen LogP contribution in [-0.2, 0) is 19.1 Å². The third-order valence-corrected chi connectivity index (χ3v) is 4.33. The molecule has 0 radical (unpaired) electrons. The number of carbonyl (C=O) groups excluding carboxylic acids is 3. The maximum absolute atomic E-state index is 12.1. The van der Waals surface area contributed by atoms with E-state index in [0.29, 0.717) is 17.9 Å². The molecule has 2 aromatic carbocycles. The lowest BCUT2D eigenvalue weighted by molar-refractivity contribution is -0.155. The van der Waals surface area contributed by atoms with Crippen LogP contribution in [0.2, 0.25) is 0 Å². The fourth-order valence-corrected chi connectivity index (χ4v) is 2.50. The summed E-state index contributed by atoms with van der Waals surface area (Å²) in [6.07, 6.45) is -0.411. The molecule has 0 aliphatic heterocycles. The van der Waals surface area contributed by atoms with E-state index in [1.165, 1.54) is 0 Å². The minimum absolute atomic E-state index is 0.221. The predicted molar refractivity (Wildman–Crippen MR) is 110 cm³/mol. The molecule has 0 aromatic heterocycles. The Kier molecular flexibility index (Phi) is 8.21. The number of para-hydroxylation sites is 1. The Morgan fingerprint density at radius 2 is 1.69 bits per heavy atom. The van der Waals surface area contributed by atoms with Gasteiger partial charge in [0.2, 0.25) is 5.91 Å². The number of hydrogen-bond acceptors (Lipinski definition) is 5. The summed E-state index contributed by atoms with van der Waals surface area (Å²) in [7, 11) is 0. The molecule has 0 heterocycles. The van der Waals surface area contributed by atoms with Gasteiger partial charge in [-0.25, -0.2) is 4.79 Å². The van der Waals surface area contributed by atoms with Crippen molar-refractivity contribution in [3.63, 3.8) is 0 Å². The number of rotatable bonds is 9. The Hall–Kier alpha value is -3.35. The molecule has 0 aliphatic carbocycles. The predicted octanol–water partition coefficient (Wildman–Crippen LogP) is 2.76. The molecule has 154 valence electrons. The third-order valence-electron chi connectivity index (χ3n) is 4.33. The molecule has 2 amide bonds. The van der Waals surface area contributed by atoms with E-state index in [9.17, 15) is 14.4 Å². The van der Waals surface area contributed by atoms with Crippen molar-refractivity contribution >= 4 is 23.5 Å². The summed E-state index contributed by atoms with van der Waals surface area (Å²) in [6, 6.07) is 14.5. The fraction of sp³-hybridized carbons (Fsp3) is 0.318. The minimum Gasteiger partial charge on any atom is -0.479 e. The molecule has 0 aliphatic rings. The SMILES string of the molecule is CC[C@H](Oc1ccccc1)C(=O)OCC(=O)NCC(=O)Nc1cccc(C)c1C. The monoisotopic (exact) mass is 398 g/mol. The van der Waals surface area contributed by atoms with Gasteiger partial charge in [0.15, 0.2) is 12.7 Å². The normalized spacial score (nSPS) is 11.3. The molecule has 2 aromatic rings. The standard InChI is InChI=1S/C22H26N2O5/c1-4-19(29-17-10-6-5-7-11-17)22(27)28-14-21(26)23-13-20(25)24-18-12-8-9-15(2)16(18)3/h5-12,19H,4,13-14H2,1-3H3,(H,23,26)(H,24,25)/t19-/m0/s1. The highest BCUT2D eigenvalue weighted by Gasteiger charge is 2.21. The summed E-state index contributed by atoms with van der Waals surface area (Å²) < 4.78 is 10.6. The lowest BCUT2D eigenvalue weighted by Gasteiger charge is -2.16. The molecule has 0 saturated heterocycles. The van der Waals surface area contributed by atoms with Crippen LogP contribution in [0.4, 0.5) is 5.69 Å². The second-order valence-corrected chi connectivity index (χ2v) is 6.51. The van der Waals surface area contributed by atoms with Crippen molar-refractivity contribution in [2.75, 3.05) is 18.5 Å². The van der Waals surface area contributed by atoms with Crippen molar-refractivity contribution in [2.45, 2.75) is 33.3 Å². The van der Waals surface area contributed by atoms with Crippen LogP contribution in [0.15, 0.2) is 48.5 Å². The number of nitrogens with one attached hydrogen (secondary N) is 2. The number of carbonyl (C=O) groups is 3. The van der Waals surface area contributed by atoms with Crippen molar-refractivity contribution in [2.24, 2.45) is 0 Å². The van der Waals surface area contributed by atoms with Crippen molar-refractivity contribution < 1.29 is 23.9 Å². The summed E-state index contributed by atoms with van der Waals surface area (Å²) in [5.41, 5.74) is 2.71. The van der Waals surface area contributed by atoms with Crippen LogP contribution < -0.4 is 15.4 Å². The number of amides is 2. The second kappa shape index (κ2) is 10.8. The Morgan fingerprint density at radius 1 is 0.966 bits per heavy atom. The first-order valence-electron chi connectivity index (χ1n) is 9.41. The summed E-state index contributed by atoms with van der Waals surface area (Å²) in [6.45, 7) is 4.94. The quantitative estimate of drug-likeness (QED) is 0.634. The van der Waals surface area contributed by atoms with Crippen LogP contribution in [0.1, 0.15) is 24.5 Å². The zero-order valence-electron chi connectivity index (χ0n) is 16.9. The lowest BCUT2D eigenvalue weighted by atomic mass is 10.1. The van der Waals surface area contributed by atoms with Gasteiger partial charge in [0.05, 0.1) is 6.54 Å². The van der Waals surface area contributed by atoms with Crippen LogP contribution in [-0.4, -0.2) is 37.0 Å². The molecule has 7 heteroatoms. The second-order valence-electron chi connectivity index (χ2n) is 6.51. The van der Waals surface area contributed by atoms with Crippen molar-refractivity contribution in [3.8, 4) is 5.75 Å². The number of anilines is 1. The van der Waals surface area contributed by atoms with Gasteiger partial charge < -0.3 is 20.1 Å². The van der Waals surface area contributed by atoms with Gasteiger partial charge in [-0.15, -0.1) is 0 Å². The number of hydrogen-bond donors (Lipinski definition) is 2. The highest BCUT2D eigenvalue weighted by Crippen LogP contribution is 2.17. The van der Waals surface area contributed by atoms with Crippen molar-refractivity contribution in [1.29, 1.82) is 0 Å². The Balaban J connectivity index is 1.74. The van der Waals surface area contributed by atoms with Gasteiger partial charge in [0, 0.05) is 5.69 Å². The molecular weight excluding hydrogens is 372 g/mol. The minimum atomic E-state index is -0.808. The van der Waals surface area contributed by atoms with Crippen molar-refractivity contribution in [1.82, 2.24) is 5.32 Å². The van der Waals surface area contributed by atoms with Gasteiger partial charge in [-0.05, 0) is 49.6 Å². The van der Waals surface area contributed by atoms with Gasteiger partial charge >= 0.3 is 5.97 Å². The first kappa shape index (κ1) is 21.9. The molecule has 29 heavy (non-hydrogen) atoms. The first-order valence-corrected chi connectivity index (χ1v) is 9.41. The van der Waals surface area contributed by atoms with Gasteiger partial charge in [-0.1, -0.05) is 37.3 Å². The molecule has 1 atom stereocenters. The molecule has 2 rings (SSSR count). The van der Waals surface area contributed by atoms with E-state index in [-0.39, 0.29) is 12.5 Å². The maximum Gasteiger partial charge on any atom is 0.347 e. The number of aryl methyl sites for hydroxylation is 1.